The van der Waals surface area contributed by atoms with Gasteiger partial charge in [0, 0.05) is 25.7 Å². The molecule has 1 N–H and O–H groups in total. The van der Waals surface area contributed by atoms with Gasteiger partial charge in [-0.05, 0) is 35.7 Å². The fourth-order valence-corrected chi connectivity index (χ4v) is 5.01. The van der Waals surface area contributed by atoms with Crippen LogP contribution in [0.2, 0.25) is 0 Å². The first-order valence-electron chi connectivity index (χ1n) is 10.9. The molecule has 2 heterocycles. The summed E-state index contributed by atoms with van der Waals surface area (Å²) in [4.78, 5) is 28.5. The number of aryl methyl sites for hydroxylation is 2. The summed E-state index contributed by atoms with van der Waals surface area (Å²) >= 11 is 0. The molecule has 184 valence electrons. The first-order chi connectivity index (χ1) is 16.6. The number of hydrogen-bond acceptors (Lipinski definition) is 6. The van der Waals surface area contributed by atoms with Gasteiger partial charge in [0.15, 0.2) is 14.9 Å². The number of rotatable bonds is 8. The number of imidazole rings is 1. The Hall–Kier alpha value is -3.73. The fraction of sp³-hybridized carbons (Fsp3) is 0.292. The van der Waals surface area contributed by atoms with E-state index in [-0.39, 0.29) is 29.8 Å². The molecule has 9 nitrogen and oxygen atoms in total. The van der Waals surface area contributed by atoms with Crippen LogP contribution in [-0.2, 0) is 32.8 Å². The zero-order valence-corrected chi connectivity index (χ0v) is 20.1. The maximum atomic E-state index is 14.9. The highest BCUT2D eigenvalue weighted by Gasteiger charge is 2.32. The molecule has 11 heteroatoms. The number of ether oxygens (including phenoxy) is 1. The molecule has 0 saturated carbocycles. The van der Waals surface area contributed by atoms with Gasteiger partial charge in [0.05, 0.1) is 30.9 Å². The second kappa shape index (κ2) is 9.87. The molecule has 1 aliphatic rings. The molecule has 2 amide bonds. The van der Waals surface area contributed by atoms with Crippen LogP contribution in [0.1, 0.15) is 12.5 Å². The van der Waals surface area contributed by atoms with Gasteiger partial charge in [0.1, 0.15) is 11.9 Å². The number of nitrogens with zero attached hydrogens (tertiary/aromatic N) is 3. The molecule has 1 fully saturated rings. The van der Waals surface area contributed by atoms with Crippen LogP contribution in [0.25, 0.3) is 11.1 Å². The lowest BCUT2D eigenvalue weighted by Crippen LogP contribution is -2.33. The Balaban J connectivity index is 1.41. The maximum absolute atomic E-state index is 14.9. The van der Waals surface area contributed by atoms with Crippen LogP contribution < -0.4 is 10.2 Å². The normalized spacial score (nSPS) is 15.8. The molecular weight excluding hydrogens is 475 g/mol. The molecule has 1 aromatic heterocycles. The molecule has 0 aliphatic carbocycles. The van der Waals surface area contributed by atoms with E-state index in [0.717, 1.165) is 5.56 Å². The molecule has 2 aromatic carbocycles. The van der Waals surface area contributed by atoms with Crippen LogP contribution >= 0.6 is 0 Å². The number of aromatic nitrogens is 2. The molecule has 1 saturated heterocycles. The highest BCUT2D eigenvalue weighted by atomic mass is 32.2. The summed E-state index contributed by atoms with van der Waals surface area (Å²) in [6.45, 7) is 1.76. The van der Waals surface area contributed by atoms with Crippen molar-refractivity contribution in [3.63, 3.8) is 0 Å². The number of anilines is 1. The average Bonchev–Trinajstić information content (AvgIpc) is 3.42. The van der Waals surface area contributed by atoms with Crippen LogP contribution in [-0.4, -0.2) is 54.9 Å². The fourth-order valence-electron chi connectivity index (χ4n) is 3.76. The standard InChI is InChI=1S/C24H25FN4O5S/c1-16(30)26-12-20-13-29(24(31)34-20)19-7-8-21(22(25)11-19)18-5-3-17(4-6-18)9-10-35(32,33)23-14-28(2)15-27-23/h3-8,11,14-15,20H,9-10,12-13H2,1-2H3,(H,26,30)/t20-/m0/s1. The van der Waals surface area contributed by atoms with E-state index in [1.165, 1.54) is 30.4 Å². The van der Waals surface area contributed by atoms with Crippen LogP contribution in [0.15, 0.2) is 60.0 Å². The molecule has 0 bridgehead atoms. The monoisotopic (exact) mass is 500 g/mol. The van der Waals surface area contributed by atoms with Crippen molar-refractivity contribution in [2.24, 2.45) is 7.05 Å². The summed E-state index contributed by atoms with van der Waals surface area (Å²) in [5.74, 6) is -0.816. The van der Waals surface area contributed by atoms with Crippen molar-refractivity contribution >= 4 is 27.5 Å². The minimum atomic E-state index is -3.49. The van der Waals surface area contributed by atoms with Crippen molar-refractivity contribution in [1.29, 1.82) is 0 Å². The van der Waals surface area contributed by atoms with Gasteiger partial charge in [0.25, 0.3) is 0 Å². The van der Waals surface area contributed by atoms with Gasteiger partial charge in [-0.15, -0.1) is 0 Å². The number of hydrogen-bond donors (Lipinski definition) is 1. The highest BCUT2D eigenvalue weighted by Crippen LogP contribution is 2.29. The van der Waals surface area contributed by atoms with Crippen LogP contribution in [0.5, 0.6) is 0 Å². The van der Waals surface area contributed by atoms with Gasteiger partial charge in [-0.3, -0.25) is 9.69 Å². The molecule has 4 rings (SSSR count). The quantitative estimate of drug-likeness (QED) is 0.509. The molecule has 0 unspecified atom stereocenters. The largest absolute Gasteiger partial charge is 0.442 e. The minimum absolute atomic E-state index is 0.0436. The maximum Gasteiger partial charge on any atom is 0.414 e. The molecule has 35 heavy (non-hydrogen) atoms. The first kappa shape index (κ1) is 24.4. The Kier molecular flexibility index (Phi) is 6.88. The lowest BCUT2D eigenvalue weighted by Gasteiger charge is -2.14. The number of benzene rings is 2. The van der Waals surface area contributed by atoms with E-state index >= 15 is 0 Å². The molecule has 1 atom stereocenters. The third kappa shape index (κ3) is 5.68. The molecule has 3 aromatic rings. The zero-order valence-electron chi connectivity index (χ0n) is 19.3. The van der Waals surface area contributed by atoms with Crippen molar-refractivity contribution in [2.75, 3.05) is 23.7 Å². The second-order valence-electron chi connectivity index (χ2n) is 8.36. The third-order valence-corrected chi connectivity index (χ3v) is 7.23. The van der Waals surface area contributed by atoms with E-state index in [0.29, 0.717) is 23.2 Å². The summed E-state index contributed by atoms with van der Waals surface area (Å²) in [6, 6.07) is 11.5. The lowest BCUT2D eigenvalue weighted by atomic mass is 10.0. The van der Waals surface area contributed by atoms with Crippen molar-refractivity contribution in [1.82, 2.24) is 14.9 Å². The van der Waals surface area contributed by atoms with Crippen LogP contribution in [0.4, 0.5) is 14.9 Å². The topological polar surface area (TPSA) is 111 Å². The number of amides is 2. The Morgan fingerprint density at radius 1 is 1.23 bits per heavy atom. The van der Waals surface area contributed by atoms with Gasteiger partial charge in [0.2, 0.25) is 5.91 Å². The Bertz CT molecular complexity index is 1350. The number of carbonyl (C=O) groups is 2. The lowest BCUT2D eigenvalue weighted by molar-refractivity contribution is -0.119. The van der Waals surface area contributed by atoms with E-state index in [9.17, 15) is 22.4 Å². The second-order valence-corrected chi connectivity index (χ2v) is 10.4. The molecule has 0 radical (unpaired) electrons. The van der Waals surface area contributed by atoms with Gasteiger partial charge in [-0.25, -0.2) is 22.6 Å². The van der Waals surface area contributed by atoms with Gasteiger partial charge in [-0.1, -0.05) is 24.3 Å². The number of nitrogens with one attached hydrogen (secondary N) is 1. The number of cyclic esters (lactones) is 1. The van der Waals surface area contributed by atoms with Crippen molar-refractivity contribution in [3.05, 3.63) is 66.4 Å². The average molecular weight is 501 g/mol. The molecular formula is C24H25FN4O5S. The van der Waals surface area contributed by atoms with Crippen molar-refractivity contribution in [3.8, 4) is 11.1 Å². The zero-order chi connectivity index (χ0) is 25.2. The Morgan fingerprint density at radius 2 is 1.97 bits per heavy atom. The van der Waals surface area contributed by atoms with Crippen LogP contribution in [0, 0.1) is 5.82 Å². The van der Waals surface area contributed by atoms with Gasteiger partial charge >= 0.3 is 6.09 Å². The van der Waals surface area contributed by atoms with E-state index in [2.05, 4.69) is 10.3 Å². The third-order valence-electron chi connectivity index (χ3n) is 5.64. The summed E-state index contributed by atoms with van der Waals surface area (Å²) < 4.78 is 46.6. The van der Waals surface area contributed by atoms with E-state index < -0.39 is 27.9 Å². The smallest absolute Gasteiger partial charge is 0.414 e. The summed E-state index contributed by atoms with van der Waals surface area (Å²) in [5, 5.41) is 2.64. The van der Waals surface area contributed by atoms with Gasteiger partial charge in [-0.2, -0.15) is 0 Å². The Labute approximate surface area is 202 Å². The number of carbonyl (C=O) groups excluding carboxylic acids is 2. The van der Waals surface area contributed by atoms with Gasteiger partial charge < -0.3 is 14.6 Å². The summed E-state index contributed by atoms with van der Waals surface area (Å²) in [5.41, 5.74) is 2.13. The molecule has 1 aliphatic heterocycles. The highest BCUT2D eigenvalue weighted by molar-refractivity contribution is 7.91. The van der Waals surface area contributed by atoms with Crippen molar-refractivity contribution < 1.29 is 27.1 Å². The molecule has 0 spiro atoms. The van der Waals surface area contributed by atoms with E-state index in [1.807, 2.05) is 0 Å². The first-order valence-corrected chi connectivity index (χ1v) is 12.6. The number of halogens is 1. The minimum Gasteiger partial charge on any atom is -0.442 e. The summed E-state index contributed by atoms with van der Waals surface area (Å²) in [7, 11) is -1.78. The SMILES string of the molecule is CC(=O)NC[C@H]1CN(c2ccc(-c3ccc(CCS(=O)(=O)c4cn(C)cn4)cc3)c(F)c2)C(=O)O1. The van der Waals surface area contributed by atoms with E-state index in [4.69, 9.17) is 4.74 Å². The predicted molar refractivity (Wildman–Crippen MR) is 127 cm³/mol. The van der Waals surface area contributed by atoms with Crippen molar-refractivity contribution in [2.45, 2.75) is 24.5 Å². The Morgan fingerprint density at radius 3 is 2.60 bits per heavy atom. The van der Waals surface area contributed by atoms with E-state index in [1.54, 1.807) is 48.0 Å². The number of sulfone groups is 1. The predicted octanol–water partition coefficient (Wildman–Crippen LogP) is 2.70. The van der Waals surface area contributed by atoms with Crippen LogP contribution in [0.3, 0.4) is 0 Å². The summed E-state index contributed by atoms with van der Waals surface area (Å²) in [6.07, 6.45) is 2.10.